The summed E-state index contributed by atoms with van der Waals surface area (Å²) in [7, 11) is 1.50. The van der Waals surface area contributed by atoms with Crippen LogP contribution in [-0.4, -0.2) is 49.7 Å². The van der Waals surface area contributed by atoms with Gasteiger partial charge in [0.25, 0.3) is 5.91 Å². The molecule has 0 radical (unpaired) electrons. The second-order valence-electron chi connectivity index (χ2n) is 8.09. The Morgan fingerprint density at radius 3 is 2.58 bits per heavy atom. The van der Waals surface area contributed by atoms with Crippen LogP contribution >= 0.6 is 11.6 Å². The van der Waals surface area contributed by atoms with E-state index in [9.17, 15) is 9.18 Å². The first-order valence-electron chi connectivity index (χ1n) is 10.4. The number of nitrogens with two attached hydrogens (primary N) is 1. The van der Waals surface area contributed by atoms with E-state index in [0.717, 1.165) is 38.9 Å². The molecule has 0 bridgehead atoms. The van der Waals surface area contributed by atoms with Crippen molar-refractivity contribution in [2.75, 3.05) is 39.1 Å². The van der Waals surface area contributed by atoms with Gasteiger partial charge in [0.1, 0.15) is 17.3 Å². The maximum absolute atomic E-state index is 12.9. The lowest BCUT2D eigenvalue weighted by atomic mass is 9.89. The quantitative estimate of drug-likeness (QED) is 0.468. The van der Waals surface area contributed by atoms with Gasteiger partial charge in [-0.3, -0.25) is 4.79 Å². The summed E-state index contributed by atoms with van der Waals surface area (Å²) in [6.45, 7) is 5.31. The molecule has 168 valence electrons. The number of carbonyl (C=O) groups is 1. The van der Waals surface area contributed by atoms with E-state index in [-0.39, 0.29) is 17.3 Å². The smallest absolute Gasteiger partial charge is 0.255 e. The Balaban J connectivity index is 1.45. The number of methoxy groups -OCH3 is 1. The van der Waals surface area contributed by atoms with Crippen LogP contribution in [0.4, 0.5) is 10.1 Å². The van der Waals surface area contributed by atoms with Crippen LogP contribution in [0.15, 0.2) is 36.4 Å². The first-order valence-corrected chi connectivity index (χ1v) is 10.7. The second-order valence-corrected chi connectivity index (χ2v) is 8.49. The summed E-state index contributed by atoms with van der Waals surface area (Å²) in [5.74, 6) is 0.589. The number of piperidine rings is 1. The Labute approximate surface area is 187 Å². The van der Waals surface area contributed by atoms with Crippen LogP contribution in [0.1, 0.15) is 36.5 Å². The molecule has 3 rings (SSSR count). The highest BCUT2D eigenvalue weighted by Gasteiger charge is 2.32. The van der Waals surface area contributed by atoms with Crippen LogP contribution < -0.4 is 20.5 Å². The Bertz CT molecular complexity index is 900. The van der Waals surface area contributed by atoms with Crippen molar-refractivity contribution in [2.24, 2.45) is 0 Å². The molecule has 1 heterocycles. The van der Waals surface area contributed by atoms with Gasteiger partial charge < -0.3 is 25.4 Å². The lowest BCUT2D eigenvalue weighted by molar-refractivity contribution is 0.0827. The maximum atomic E-state index is 12.9. The maximum Gasteiger partial charge on any atom is 0.255 e. The van der Waals surface area contributed by atoms with Crippen LogP contribution in [0, 0.1) is 5.82 Å². The summed E-state index contributed by atoms with van der Waals surface area (Å²) in [5, 5.41) is 3.47. The number of nitrogens with zero attached hydrogens (tertiary/aromatic N) is 1. The standard InChI is InChI=1S/C23H29ClFN3O3/c1-23(27-22(29)18-14-19(24)20(26)15-21(18)30-2)8-11-28(12-9-23)10-3-13-31-17-6-4-16(25)5-7-17/h4-7,14-15H,3,8-13,26H2,1-2H3,(H,27,29). The Morgan fingerprint density at radius 2 is 1.94 bits per heavy atom. The van der Waals surface area contributed by atoms with Crippen molar-refractivity contribution >= 4 is 23.2 Å². The van der Waals surface area contributed by atoms with Gasteiger partial charge in [-0.05, 0) is 56.5 Å². The van der Waals surface area contributed by atoms with E-state index in [1.807, 2.05) is 0 Å². The topological polar surface area (TPSA) is 76.8 Å². The molecule has 1 aliphatic heterocycles. The molecule has 0 aliphatic carbocycles. The molecule has 8 heteroatoms. The van der Waals surface area contributed by atoms with Gasteiger partial charge in [0.05, 0.1) is 30.0 Å². The molecule has 0 unspecified atom stereocenters. The largest absolute Gasteiger partial charge is 0.496 e. The third-order valence-corrected chi connectivity index (χ3v) is 5.97. The zero-order chi connectivity index (χ0) is 22.4. The average Bonchev–Trinajstić information content (AvgIpc) is 2.75. The van der Waals surface area contributed by atoms with Gasteiger partial charge in [-0.25, -0.2) is 4.39 Å². The highest BCUT2D eigenvalue weighted by atomic mass is 35.5. The molecule has 0 spiro atoms. The van der Waals surface area contributed by atoms with Gasteiger partial charge in [0.2, 0.25) is 0 Å². The molecule has 3 N–H and O–H groups in total. The van der Waals surface area contributed by atoms with Crippen LogP contribution in [0.5, 0.6) is 11.5 Å². The van der Waals surface area contributed by atoms with Gasteiger partial charge in [0.15, 0.2) is 0 Å². The lowest BCUT2D eigenvalue weighted by Gasteiger charge is -2.40. The molecule has 0 saturated carbocycles. The van der Waals surface area contributed by atoms with E-state index in [1.165, 1.54) is 19.2 Å². The first kappa shape index (κ1) is 23.2. The van der Waals surface area contributed by atoms with Crippen molar-refractivity contribution in [1.82, 2.24) is 10.2 Å². The van der Waals surface area contributed by atoms with E-state index < -0.39 is 0 Å². The number of halogens is 2. The predicted molar refractivity (Wildman–Crippen MR) is 120 cm³/mol. The number of ether oxygens (including phenoxy) is 2. The Kier molecular flexibility index (Phi) is 7.62. The number of benzene rings is 2. The fraction of sp³-hybridized carbons (Fsp3) is 0.435. The van der Waals surface area contributed by atoms with Crippen molar-refractivity contribution in [3.63, 3.8) is 0 Å². The molecule has 1 amide bonds. The molecule has 0 aromatic heterocycles. The summed E-state index contributed by atoms with van der Waals surface area (Å²) < 4.78 is 23.9. The van der Waals surface area contributed by atoms with Crippen molar-refractivity contribution in [3.05, 3.63) is 52.8 Å². The van der Waals surface area contributed by atoms with Gasteiger partial charge in [-0.2, -0.15) is 0 Å². The van der Waals surface area contributed by atoms with Crippen molar-refractivity contribution in [1.29, 1.82) is 0 Å². The predicted octanol–water partition coefficient (Wildman–Crippen LogP) is 4.12. The molecule has 1 saturated heterocycles. The third kappa shape index (κ3) is 6.24. The van der Waals surface area contributed by atoms with Gasteiger partial charge in [0, 0.05) is 31.2 Å². The number of anilines is 1. The van der Waals surface area contributed by atoms with Crippen LogP contribution in [0.2, 0.25) is 5.02 Å². The SMILES string of the molecule is COc1cc(N)c(Cl)cc1C(=O)NC1(C)CCN(CCCOc2ccc(F)cc2)CC1. The molecule has 6 nitrogen and oxygen atoms in total. The highest BCUT2D eigenvalue weighted by Crippen LogP contribution is 2.30. The van der Waals surface area contributed by atoms with Gasteiger partial charge in [-0.1, -0.05) is 11.6 Å². The monoisotopic (exact) mass is 449 g/mol. The fourth-order valence-corrected chi connectivity index (χ4v) is 3.82. The molecule has 2 aromatic carbocycles. The molecular weight excluding hydrogens is 421 g/mol. The Hall–Kier alpha value is -2.51. The van der Waals surface area contributed by atoms with E-state index in [4.69, 9.17) is 26.8 Å². The summed E-state index contributed by atoms with van der Waals surface area (Å²) in [6.07, 6.45) is 2.55. The normalized spacial score (nSPS) is 16.0. The van der Waals surface area contributed by atoms with Crippen LogP contribution in [0.3, 0.4) is 0 Å². The second kappa shape index (κ2) is 10.2. The minimum absolute atomic E-state index is 0.220. The number of amides is 1. The number of carbonyl (C=O) groups excluding carboxylic acids is 1. The molecule has 0 atom stereocenters. The molecular formula is C23H29ClFN3O3. The van der Waals surface area contributed by atoms with E-state index in [1.54, 1.807) is 24.3 Å². The number of likely N-dealkylation sites (tertiary alicyclic amines) is 1. The molecule has 1 fully saturated rings. The van der Waals surface area contributed by atoms with Crippen LogP contribution in [-0.2, 0) is 0 Å². The number of hydrogen-bond acceptors (Lipinski definition) is 5. The first-order chi connectivity index (χ1) is 14.8. The highest BCUT2D eigenvalue weighted by molar-refractivity contribution is 6.33. The summed E-state index contributed by atoms with van der Waals surface area (Å²) in [4.78, 5) is 15.2. The van der Waals surface area contributed by atoms with Crippen molar-refractivity contribution in [2.45, 2.75) is 31.7 Å². The molecule has 1 aliphatic rings. The number of rotatable bonds is 8. The third-order valence-electron chi connectivity index (χ3n) is 5.64. The van der Waals surface area contributed by atoms with E-state index in [2.05, 4.69) is 17.1 Å². The Morgan fingerprint density at radius 1 is 1.26 bits per heavy atom. The van der Waals surface area contributed by atoms with Crippen LogP contribution in [0.25, 0.3) is 0 Å². The van der Waals surface area contributed by atoms with Crippen molar-refractivity contribution in [3.8, 4) is 11.5 Å². The summed E-state index contributed by atoms with van der Waals surface area (Å²) in [5.41, 5.74) is 6.25. The van der Waals surface area contributed by atoms with Gasteiger partial charge in [-0.15, -0.1) is 0 Å². The minimum Gasteiger partial charge on any atom is -0.496 e. The zero-order valence-corrected chi connectivity index (χ0v) is 18.7. The lowest BCUT2D eigenvalue weighted by Crippen LogP contribution is -2.53. The minimum atomic E-state index is -0.308. The van der Waals surface area contributed by atoms with Crippen molar-refractivity contribution < 1.29 is 18.7 Å². The number of nitrogens with one attached hydrogen (secondary N) is 1. The van der Waals surface area contributed by atoms with E-state index in [0.29, 0.717) is 34.4 Å². The fourth-order valence-electron chi connectivity index (χ4n) is 3.66. The molecule has 2 aromatic rings. The van der Waals surface area contributed by atoms with E-state index >= 15 is 0 Å². The average molecular weight is 450 g/mol. The summed E-state index contributed by atoms with van der Waals surface area (Å²) >= 11 is 6.10. The number of nitrogen functional groups attached to an aromatic ring is 1. The zero-order valence-electron chi connectivity index (χ0n) is 17.9. The van der Waals surface area contributed by atoms with Gasteiger partial charge >= 0.3 is 0 Å². The number of hydrogen-bond donors (Lipinski definition) is 2. The summed E-state index contributed by atoms with van der Waals surface area (Å²) in [6, 6.07) is 9.16. The molecule has 31 heavy (non-hydrogen) atoms.